The lowest BCUT2D eigenvalue weighted by Crippen LogP contribution is -2.40. The van der Waals surface area contributed by atoms with Crippen molar-refractivity contribution in [2.24, 2.45) is 4.99 Å². The zero-order chi connectivity index (χ0) is 25.5. The van der Waals surface area contributed by atoms with E-state index in [9.17, 15) is 9.59 Å². The van der Waals surface area contributed by atoms with E-state index in [0.29, 0.717) is 37.7 Å². The van der Waals surface area contributed by atoms with E-state index in [1.54, 1.807) is 17.6 Å². The summed E-state index contributed by atoms with van der Waals surface area (Å²) in [7, 11) is 0. The van der Waals surface area contributed by atoms with Gasteiger partial charge >= 0.3 is 5.97 Å². The summed E-state index contributed by atoms with van der Waals surface area (Å²) in [6, 6.07) is 18.0. The molecule has 0 fully saturated rings. The van der Waals surface area contributed by atoms with Gasteiger partial charge in [0.05, 0.1) is 32.2 Å². The van der Waals surface area contributed by atoms with Gasteiger partial charge < -0.3 is 14.2 Å². The second-order valence-corrected chi connectivity index (χ2v) is 11.7. The van der Waals surface area contributed by atoms with Crippen molar-refractivity contribution in [1.29, 1.82) is 0 Å². The van der Waals surface area contributed by atoms with Crippen LogP contribution in [-0.2, 0) is 9.53 Å². The minimum atomic E-state index is -0.766. The summed E-state index contributed by atoms with van der Waals surface area (Å²) in [5.74, 6) is 0.651. The highest BCUT2D eigenvalue weighted by Gasteiger charge is 2.36. The number of halogens is 1. The van der Waals surface area contributed by atoms with Crippen molar-refractivity contribution >= 4 is 56.3 Å². The summed E-state index contributed by atoms with van der Waals surface area (Å²) in [5, 5.41) is 0. The number of ether oxygens (including phenoxy) is 3. The standard InChI is InChI=1S/C27H19BrN2O5S2/c1-2-33-26(32)22-23(15-6-4-3-5-7-15)29-27-30(24(22)16-8-10-18-19(12-16)35-14-34-18)25(31)20(37-27)13-17-9-11-21(28)36-17/h3-13,24H,2,14H2,1H3/b20-13+/t24-/m1/s1. The number of carbonyl (C=O) groups excluding carboxylic acids is 1. The molecule has 0 N–H and O–H groups in total. The molecule has 2 aliphatic rings. The molecule has 186 valence electrons. The van der Waals surface area contributed by atoms with Gasteiger partial charge in [-0.2, -0.15) is 0 Å². The van der Waals surface area contributed by atoms with E-state index in [4.69, 9.17) is 19.2 Å². The highest BCUT2D eigenvalue weighted by atomic mass is 79.9. The fraction of sp³-hybridized carbons (Fsp3) is 0.148. The zero-order valence-corrected chi connectivity index (χ0v) is 22.7. The average molecular weight is 595 g/mol. The third-order valence-electron chi connectivity index (χ3n) is 5.95. The Bertz CT molecular complexity index is 1740. The molecular formula is C27H19BrN2O5S2. The molecule has 10 heteroatoms. The van der Waals surface area contributed by atoms with Crippen molar-refractivity contribution in [3.05, 3.63) is 106 Å². The molecule has 0 amide bonds. The average Bonchev–Trinajstić information content (AvgIpc) is 3.62. The molecule has 7 nitrogen and oxygen atoms in total. The molecule has 1 atom stereocenters. The predicted octanol–water partition coefficient (Wildman–Crippen LogP) is 4.49. The first-order chi connectivity index (χ1) is 18.0. The number of thiophene rings is 1. The number of thiazole rings is 1. The molecule has 4 heterocycles. The summed E-state index contributed by atoms with van der Waals surface area (Å²) in [6.07, 6.45) is 1.85. The normalized spacial score (nSPS) is 16.5. The van der Waals surface area contributed by atoms with Crippen LogP contribution in [0.2, 0.25) is 0 Å². The van der Waals surface area contributed by atoms with E-state index < -0.39 is 12.0 Å². The second kappa shape index (κ2) is 9.77. The molecule has 4 aromatic rings. The highest BCUT2D eigenvalue weighted by molar-refractivity contribution is 9.11. The second-order valence-electron chi connectivity index (χ2n) is 8.19. The van der Waals surface area contributed by atoms with Gasteiger partial charge in [-0.1, -0.05) is 47.7 Å². The van der Waals surface area contributed by atoms with Gasteiger partial charge in [-0.3, -0.25) is 9.36 Å². The SMILES string of the molecule is CCOC(=O)C1=C(c2ccccc2)N=c2s/c(=C/c3ccc(Br)s3)c(=O)n2[C@@H]1c1ccc2c(c1)OCO2. The smallest absolute Gasteiger partial charge is 0.338 e. The lowest BCUT2D eigenvalue weighted by Gasteiger charge is -2.26. The van der Waals surface area contributed by atoms with Gasteiger partial charge in [-0.25, -0.2) is 9.79 Å². The van der Waals surface area contributed by atoms with E-state index in [-0.39, 0.29) is 19.0 Å². The third kappa shape index (κ3) is 4.35. The van der Waals surface area contributed by atoms with Crippen molar-refractivity contribution in [3.63, 3.8) is 0 Å². The van der Waals surface area contributed by atoms with Gasteiger partial charge in [0, 0.05) is 10.4 Å². The number of hydrogen-bond acceptors (Lipinski definition) is 8. The number of esters is 1. The first kappa shape index (κ1) is 23.9. The first-order valence-corrected chi connectivity index (χ1v) is 13.9. The molecule has 37 heavy (non-hydrogen) atoms. The molecule has 0 saturated carbocycles. The molecule has 0 spiro atoms. The van der Waals surface area contributed by atoms with Crippen LogP contribution in [0.3, 0.4) is 0 Å². The lowest BCUT2D eigenvalue weighted by molar-refractivity contribution is -0.138. The molecule has 0 radical (unpaired) electrons. The number of carbonyl (C=O) groups is 1. The molecule has 0 unspecified atom stereocenters. The molecule has 2 aliphatic heterocycles. The minimum absolute atomic E-state index is 0.119. The zero-order valence-electron chi connectivity index (χ0n) is 19.5. The quantitative estimate of drug-likeness (QED) is 0.318. The fourth-order valence-electron chi connectivity index (χ4n) is 4.37. The van der Waals surface area contributed by atoms with Gasteiger partial charge in [-0.15, -0.1) is 11.3 Å². The summed E-state index contributed by atoms with van der Waals surface area (Å²) in [4.78, 5) is 33.6. The van der Waals surface area contributed by atoms with Gasteiger partial charge in [0.1, 0.15) is 0 Å². The van der Waals surface area contributed by atoms with E-state index >= 15 is 0 Å². The maximum absolute atomic E-state index is 13.9. The Morgan fingerprint density at radius 2 is 1.95 bits per heavy atom. The Hall–Kier alpha value is -3.47. The van der Waals surface area contributed by atoms with Crippen LogP contribution < -0.4 is 24.4 Å². The molecule has 0 aliphatic carbocycles. The van der Waals surface area contributed by atoms with Gasteiger partial charge in [0.25, 0.3) is 5.56 Å². The number of nitrogens with zero attached hydrogens (tertiary/aromatic N) is 2. The number of aromatic nitrogens is 1. The highest BCUT2D eigenvalue weighted by Crippen LogP contribution is 2.40. The maximum atomic E-state index is 13.9. The van der Waals surface area contributed by atoms with Crippen molar-refractivity contribution in [1.82, 2.24) is 4.57 Å². The Morgan fingerprint density at radius 1 is 1.14 bits per heavy atom. The van der Waals surface area contributed by atoms with Crippen molar-refractivity contribution in [3.8, 4) is 11.5 Å². The molecule has 2 aromatic heterocycles. The van der Waals surface area contributed by atoms with Gasteiger partial charge in [0.15, 0.2) is 16.3 Å². The summed E-state index contributed by atoms with van der Waals surface area (Å²) >= 11 is 6.30. The Morgan fingerprint density at radius 3 is 2.70 bits per heavy atom. The molecular weight excluding hydrogens is 576 g/mol. The van der Waals surface area contributed by atoms with Gasteiger partial charge in [0.2, 0.25) is 6.79 Å². The summed E-state index contributed by atoms with van der Waals surface area (Å²) < 4.78 is 19.7. The van der Waals surface area contributed by atoms with Crippen LogP contribution in [0.15, 0.2) is 79.8 Å². The van der Waals surface area contributed by atoms with Crippen LogP contribution in [0, 0.1) is 0 Å². The Labute approximate surface area is 227 Å². The van der Waals surface area contributed by atoms with Crippen molar-refractivity contribution in [2.45, 2.75) is 13.0 Å². The van der Waals surface area contributed by atoms with E-state index in [1.807, 2.05) is 60.7 Å². The van der Waals surface area contributed by atoms with Crippen LogP contribution in [0.25, 0.3) is 11.8 Å². The lowest BCUT2D eigenvalue weighted by atomic mass is 9.93. The van der Waals surface area contributed by atoms with Crippen molar-refractivity contribution in [2.75, 3.05) is 13.4 Å². The van der Waals surface area contributed by atoms with Crippen LogP contribution in [0.1, 0.15) is 29.0 Å². The number of hydrogen-bond donors (Lipinski definition) is 0. The van der Waals surface area contributed by atoms with Crippen LogP contribution in [-0.4, -0.2) is 23.9 Å². The summed E-state index contributed by atoms with van der Waals surface area (Å²) in [6.45, 7) is 2.06. The van der Waals surface area contributed by atoms with Crippen molar-refractivity contribution < 1.29 is 19.0 Å². The first-order valence-electron chi connectivity index (χ1n) is 11.5. The number of benzene rings is 2. The van der Waals surface area contributed by atoms with Crippen LogP contribution in [0.4, 0.5) is 0 Å². The van der Waals surface area contributed by atoms with Crippen LogP contribution >= 0.6 is 38.6 Å². The molecule has 0 saturated heterocycles. The predicted molar refractivity (Wildman–Crippen MR) is 146 cm³/mol. The monoisotopic (exact) mass is 594 g/mol. The van der Waals surface area contributed by atoms with E-state index in [2.05, 4.69) is 15.9 Å². The molecule has 0 bridgehead atoms. The molecule has 2 aromatic carbocycles. The van der Waals surface area contributed by atoms with Crippen LogP contribution in [0.5, 0.6) is 11.5 Å². The minimum Gasteiger partial charge on any atom is -0.463 e. The summed E-state index contributed by atoms with van der Waals surface area (Å²) in [5.41, 5.74) is 2.00. The Kier molecular flexibility index (Phi) is 6.31. The Balaban J connectivity index is 1.65. The molecule has 6 rings (SSSR count). The largest absolute Gasteiger partial charge is 0.463 e. The van der Waals surface area contributed by atoms with Gasteiger partial charge in [-0.05, 0) is 58.8 Å². The van der Waals surface area contributed by atoms with E-state index in [1.165, 1.54) is 22.7 Å². The topological polar surface area (TPSA) is 79.1 Å². The number of rotatable bonds is 5. The number of fused-ring (bicyclic) bond motifs is 2. The maximum Gasteiger partial charge on any atom is 0.338 e. The van der Waals surface area contributed by atoms with E-state index in [0.717, 1.165) is 14.2 Å². The fourth-order valence-corrected chi connectivity index (χ4v) is 6.81. The third-order valence-corrected chi connectivity index (χ3v) is 8.51.